The highest BCUT2D eigenvalue weighted by Gasteiger charge is 2.62. The second-order valence-electron chi connectivity index (χ2n) is 12.7. The van der Waals surface area contributed by atoms with E-state index in [1.165, 1.54) is 4.90 Å². The number of carbonyl (C=O) groups excluding carboxylic acids is 4. The van der Waals surface area contributed by atoms with Gasteiger partial charge in [0.15, 0.2) is 0 Å². The number of methoxy groups -OCH3 is 1. The average Bonchev–Trinajstić information content (AvgIpc) is 3.58. The van der Waals surface area contributed by atoms with Gasteiger partial charge in [0.05, 0.1) is 26.9 Å². The second-order valence-corrected chi connectivity index (χ2v) is 12.7. The van der Waals surface area contributed by atoms with Gasteiger partial charge in [-0.2, -0.15) is 0 Å². The molecule has 254 valence electrons. The van der Waals surface area contributed by atoms with Crippen molar-refractivity contribution in [3.8, 4) is 11.6 Å². The Morgan fingerprint density at radius 2 is 1.96 bits per heavy atom. The van der Waals surface area contributed by atoms with Gasteiger partial charge < -0.3 is 33.9 Å². The largest absolute Gasteiger partial charge is 0.497 e. The SMILES string of the molecule is C=CCOCC[C@H](C(=O)OC(C)(C)C)C(=O)N1C[C@H](Oc2nccc3cc(OC)ccc23)C[C@H]1C(=O)N[C@]1(C(=O)OCC)C[C@H]1C=C. The van der Waals surface area contributed by atoms with Crippen LogP contribution in [0.2, 0.25) is 0 Å². The molecule has 0 unspecified atom stereocenters. The van der Waals surface area contributed by atoms with Gasteiger partial charge in [0.1, 0.15) is 35.0 Å². The Morgan fingerprint density at radius 3 is 2.60 bits per heavy atom. The molecule has 4 rings (SSSR count). The number of likely N-dealkylation sites (tertiary alicyclic amines) is 1. The van der Waals surface area contributed by atoms with Gasteiger partial charge in [-0.1, -0.05) is 12.2 Å². The molecule has 1 saturated carbocycles. The Balaban J connectivity index is 1.65. The van der Waals surface area contributed by atoms with Crippen LogP contribution in [0.1, 0.15) is 47.0 Å². The molecule has 2 fully saturated rings. The molecule has 2 heterocycles. The highest BCUT2D eigenvalue weighted by Crippen LogP contribution is 2.46. The first-order valence-electron chi connectivity index (χ1n) is 15.8. The minimum Gasteiger partial charge on any atom is -0.497 e. The summed E-state index contributed by atoms with van der Waals surface area (Å²) in [6.07, 6.45) is 4.54. The van der Waals surface area contributed by atoms with E-state index in [-0.39, 0.29) is 45.1 Å². The lowest BCUT2D eigenvalue weighted by molar-refractivity contribution is -0.166. The summed E-state index contributed by atoms with van der Waals surface area (Å²) in [6, 6.07) is 6.22. The van der Waals surface area contributed by atoms with Crippen LogP contribution in [-0.2, 0) is 33.4 Å². The summed E-state index contributed by atoms with van der Waals surface area (Å²) in [4.78, 5) is 60.3. The van der Waals surface area contributed by atoms with E-state index < -0.39 is 53.0 Å². The molecule has 1 aliphatic heterocycles. The molecule has 1 aliphatic carbocycles. The molecule has 0 spiro atoms. The topological polar surface area (TPSA) is 143 Å². The lowest BCUT2D eigenvalue weighted by atomic mass is 10.0. The van der Waals surface area contributed by atoms with Gasteiger partial charge in [-0.05, 0) is 70.2 Å². The average molecular weight is 652 g/mol. The second kappa shape index (κ2) is 15.0. The Labute approximate surface area is 275 Å². The van der Waals surface area contributed by atoms with Crippen molar-refractivity contribution < 1.29 is 42.9 Å². The monoisotopic (exact) mass is 651 g/mol. The zero-order chi connectivity index (χ0) is 34.4. The molecule has 1 saturated heterocycles. The first-order valence-corrected chi connectivity index (χ1v) is 15.8. The lowest BCUT2D eigenvalue weighted by Gasteiger charge is -2.30. The number of benzene rings is 1. The molecular weight excluding hydrogens is 606 g/mol. The van der Waals surface area contributed by atoms with Gasteiger partial charge >= 0.3 is 11.9 Å². The van der Waals surface area contributed by atoms with E-state index in [4.69, 9.17) is 23.7 Å². The van der Waals surface area contributed by atoms with E-state index in [1.807, 2.05) is 18.2 Å². The van der Waals surface area contributed by atoms with Crippen LogP contribution >= 0.6 is 0 Å². The molecule has 0 bridgehead atoms. The molecule has 1 aromatic heterocycles. The summed E-state index contributed by atoms with van der Waals surface area (Å²) >= 11 is 0. The number of esters is 2. The zero-order valence-corrected chi connectivity index (χ0v) is 27.8. The smallest absolute Gasteiger partial charge is 0.332 e. The van der Waals surface area contributed by atoms with Crippen LogP contribution in [0.5, 0.6) is 11.6 Å². The summed E-state index contributed by atoms with van der Waals surface area (Å²) in [6.45, 7) is 14.7. The van der Waals surface area contributed by atoms with Gasteiger partial charge in [0.25, 0.3) is 0 Å². The fraction of sp³-hybridized carbons (Fsp3) is 0.514. The van der Waals surface area contributed by atoms with Crippen LogP contribution in [0.15, 0.2) is 55.8 Å². The molecule has 2 aromatic rings. The first-order chi connectivity index (χ1) is 22.4. The predicted molar refractivity (Wildman–Crippen MR) is 174 cm³/mol. The van der Waals surface area contributed by atoms with E-state index in [0.717, 1.165) is 10.8 Å². The molecular formula is C35H45N3O9. The number of nitrogens with zero attached hydrogens (tertiary/aromatic N) is 2. The fourth-order valence-electron chi connectivity index (χ4n) is 5.73. The highest BCUT2D eigenvalue weighted by molar-refractivity contribution is 6.01. The molecule has 0 radical (unpaired) electrons. The summed E-state index contributed by atoms with van der Waals surface area (Å²) < 4.78 is 28.1. The number of rotatable bonds is 15. The van der Waals surface area contributed by atoms with Crippen LogP contribution in [0, 0.1) is 11.8 Å². The van der Waals surface area contributed by atoms with Gasteiger partial charge in [-0.25, -0.2) is 9.78 Å². The molecule has 2 amide bonds. The van der Waals surface area contributed by atoms with E-state index in [2.05, 4.69) is 23.5 Å². The highest BCUT2D eigenvalue weighted by atomic mass is 16.6. The molecule has 12 heteroatoms. The van der Waals surface area contributed by atoms with Crippen LogP contribution in [0.3, 0.4) is 0 Å². The third-order valence-corrected chi connectivity index (χ3v) is 8.12. The first kappa shape index (κ1) is 35.4. The molecule has 12 nitrogen and oxygen atoms in total. The number of carbonyl (C=O) groups is 4. The number of pyridine rings is 1. The number of hydrogen-bond acceptors (Lipinski definition) is 10. The predicted octanol–water partition coefficient (Wildman–Crippen LogP) is 3.77. The number of ether oxygens (including phenoxy) is 5. The molecule has 1 aromatic carbocycles. The van der Waals surface area contributed by atoms with Crippen molar-refractivity contribution in [2.75, 3.05) is 33.5 Å². The van der Waals surface area contributed by atoms with Crippen molar-refractivity contribution in [3.63, 3.8) is 0 Å². The Bertz CT molecular complexity index is 1500. The third-order valence-electron chi connectivity index (χ3n) is 8.12. The summed E-state index contributed by atoms with van der Waals surface area (Å²) in [5, 5.41) is 4.41. The zero-order valence-electron chi connectivity index (χ0n) is 27.8. The van der Waals surface area contributed by atoms with Gasteiger partial charge in [0, 0.05) is 30.5 Å². The quantitative estimate of drug-likeness (QED) is 0.131. The van der Waals surface area contributed by atoms with Crippen molar-refractivity contribution in [1.29, 1.82) is 0 Å². The number of amides is 2. The summed E-state index contributed by atoms with van der Waals surface area (Å²) in [7, 11) is 1.58. The Hall–Kier alpha value is -4.45. The van der Waals surface area contributed by atoms with Crippen LogP contribution < -0.4 is 14.8 Å². The Morgan fingerprint density at radius 1 is 1.19 bits per heavy atom. The van der Waals surface area contributed by atoms with Crippen molar-refractivity contribution in [3.05, 3.63) is 55.8 Å². The van der Waals surface area contributed by atoms with Crippen molar-refractivity contribution in [2.45, 2.75) is 70.2 Å². The number of nitrogens with one attached hydrogen (secondary N) is 1. The Kier molecular flexibility index (Phi) is 11.3. The minimum atomic E-state index is -1.28. The fourth-order valence-corrected chi connectivity index (χ4v) is 5.73. The van der Waals surface area contributed by atoms with Crippen LogP contribution in [0.25, 0.3) is 10.8 Å². The number of fused-ring (bicyclic) bond motifs is 1. The normalized spacial score (nSPS) is 22.6. The van der Waals surface area contributed by atoms with E-state index in [9.17, 15) is 19.2 Å². The van der Waals surface area contributed by atoms with Gasteiger partial charge in [-0.15, -0.1) is 13.2 Å². The van der Waals surface area contributed by atoms with Crippen molar-refractivity contribution in [2.24, 2.45) is 11.8 Å². The third kappa shape index (κ3) is 8.29. The summed E-state index contributed by atoms with van der Waals surface area (Å²) in [5.74, 6) is -3.05. The van der Waals surface area contributed by atoms with E-state index in [0.29, 0.717) is 18.1 Å². The standard InChI is InChI=1S/C35H45N3O9/c1-8-16-44-17-14-27(32(41)47-34(4,5)6)31(40)38-21-25(46-30-26-12-11-24(43-7)18-22(26)13-15-36-30)19-28(38)29(39)37-35(20-23(35)9-2)33(42)45-10-3/h8-9,11-13,15,18,23,25,27-28H,1-2,10,14,16-17,19-21H2,3-7H3,(H,37,39)/t23-,25-,27+,28+,35-/m1/s1. The van der Waals surface area contributed by atoms with Crippen molar-refractivity contribution >= 4 is 34.5 Å². The summed E-state index contributed by atoms with van der Waals surface area (Å²) in [5.41, 5.74) is -2.13. The molecule has 2 aliphatic rings. The maximum atomic E-state index is 14.2. The molecule has 5 atom stereocenters. The van der Waals surface area contributed by atoms with E-state index >= 15 is 0 Å². The van der Waals surface area contributed by atoms with Crippen LogP contribution in [-0.4, -0.2) is 90.4 Å². The van der Waals surface area contributed by atoms with Gasteiger partial charge in [0.2, 0.25) is 17.7 Å². The number of hydrogen-bond donors (Lipinski definition) is 1. The number of aromatic nitrogens is 1. The van der Waals surface area contributed by atoms with Crippen molar-refractivity contribution in [1.82, 2.24) is 15.2 Å². The maximum Gasteiger partial charge on any atom is 0.332 e. The lowest BCUT2D eigenvalue weighted by Crippen LogP contribution is -2.54. The van der Waals surface area contributed by atoms with Gasteiger partial charge in [-0.3, -0.25) is 14.4 Å². The molecule has 47 heavy (non-hydrogen) atoms. The molecule has 1 N–H and O–H groups in total. The minimum absolute atomic E-state index is 0.0186. The maximum absolute atomic E-state index is 14.2. The van der Waals surface area contributed by atoms with Crippen LogP contribution in [0.4, 0.5) is 0 Å². The van der Waals surface area contributed by atoms with E-state index in [1.54, 1.807) is 59.2 Å².